The number of aliphatic carboxylic acids is 1. The van der Waals surface area contributed by atoms with Crippen LogP contribution in [0.2, 0.25) is 0 Å². The van der Waals surface area contributed by atoms with Gasteiger partial charge in [-0.25, -0.2) is 4.98 Å². The van der Waals surface area contributed by atoms with E-state index >= 15 is 0 Å². The number of hydrogen-bond donors (Lipinski definition) is 1. The van der Waals surface area contributed by atoms with Crippen molar-refractivity contribution >= 4 is 17.7 Å². The summed E-state index contributed by atoms with van der Waals surface area (Å²) in [5.74, 6) is 0.00912. The molecule has 0 amide bonds. The summed E-state index contributed by atoms with van der Waals surface area (Å²) in [5, 5.41) is 9.28. The zero-order valence-electron chi connectivity index (χ0n) is 14.7. The minimum absolute atomic E-state index is 0.253. The van der Waals surface area contributed by atoms with Crippen LogP contribution in [-0.2, 0) is 11.2 Å². The maximum atomic E-state index is 10.8. The van der Waals surface area contributed by atoms with Crippen LogP contribution in [0.4, 0.5) is 0 Å². The molecule has 1 unspecified atom stereocenters. The van der Waals surface area contributed by atoms with Crippen LogP contribution in [0.3, 0.4) is 0 Å². The third kappa shape index (κ3) is 4.04. The topological polar surface area (TPSA) is 59.4 Å². The first-order valence-electron chi connectivity index (χ1n) is 9.33. The van der Waals surface area contributed by atoms with Gasteiger partial charge in [-0.15, -0.1) is 11.8 Å². The summed E-state index contributed by atoms with van der Waals surface area (Å²) in [6, 6.07) is 12.5. The molecule has 0 saturated heterocycles. The molecule has 5 heteroatoms. The Hall–Kier alpha value is -2.01. The lowest BCUT2D eigenvalue weighted by atomic mass is 9.96. The molecule has 0 bridgehead atoms. The van der Waals surface area contributed by atoms with E-state index in [4.69, 9.17) is 9.84 Å². The average Bonchev–Trinajstić information content (AvgIpc) is 2.63. The van der Waals surface area contributed by atoms with Crippen LogP contribution in [0.15, 0.2) is 41.3 Å². The normalized spacial score (nSPS) is 19.5. The molecule has 1 N–H and O–H groups in total. The number of ether oxygens (including phenoxy) is 1. The van der Waals surface area contributed by atoms with Gasteiger partial charge in [0.1, 0.15) is 6.10 Å². The Morgan fingerprint density at radius 2 is 2.12 bits per heavy atom. The summed E-state index contributed by atoms with van der Waals surface area (Å²) >= 11 is 1.82. The first-order valence-corrected chi connectivity index (χ1v) is 10.2. The maximum Gasteiger partial charge on any atom is 0.303 e. The Balaban J connectivity index is 1.47. The number of hydrogen-bond acceptors (Lipinski definition) is 4. The van der Waals surface area contributed by atoms with Gasteiger partial charge < -0.3 is 9.84 Å². The van der Waals surface area contributed by atoms with E-state index in [1.54, 1.807) is 0 Å². The maximum absolute atomic E-state index is 10.8. The first-order chi connectivity index (χ1) is 12.7. The second kappa shape index (κ2) is 7.70. The molecule has 4 nitrogen and oxygen atoms in total. The third-order valence-corrected chi connectivity index (χ3v) is 6.59. The van der Waals surface area contributed by atoms with Gasteiger partial charge in [0.15, 0.2) is 0 Å². The number of thioether (sulfide) groups is 1. The monoisotopic (exact) mass is 369 g/mol. The molecule has 1 aromatic heterocycles. The molecule has 2 aliphatic rings. The van der Waals surface area contributed by atoms with Crippen molar-refractivity contribution < 1.29 is 14.6 Å². The Morgan fingerprint density at radius 3 is 2.88 bits per heavy atom. The molecule has 1 atom stereocenters. The van der Waals surface area contributed by atoms with Gasteiger partial charge >= 0.3 is 5.97 Å². The summed E-state index contributed by atoms with van der Waals surface area (Å²) in [7, 11) is 0. The Labute approximate surface area is 158 Å². The number of carbonyl (C=O) groups is 1. The fraction of sp³-hybridized carbons (Fsp3) is 0.429. The van der Waals surface area contributed by atoms with Gasteiger partial charge in [-0.3, -0.25) is 4.79 Å². The van der Waals surface area contributed by atoms with Crippen molar-refractivity contribution in [1.29, 1.82) is 0 Å². The highest BCUT2D eigenvalue weighted by Crippen LogP contribution is 2.39. The zero-order valence-corrected chi connectivity index (χ0v) is 15.5. The molecule has 26 heavy (non-hydrogen) atoms. The molecule has 1 aromatic carbocycles. The van der Waals surface area contributed by atoms with Crippen molar-refractivity contribution in [3.05, 3.63) is 42.0 Å². The van der Waals surface area contributed by atoms with Crippen molar-refractivity contribution in [2.24, 2.45) is 0 Å². The summed E-state index contributed by atoms with van der Waals surface area (Å²) in [4.78, 5) is 16.7. The van der Waals surface area contributed by atoms with Crippen molar-refractivity contribution in [3.8, 4) is 17.1 Å². The van der Waals surface area contributed by atoms with E-state index in [1.165, 1.54) is 16.9 Å². The fourth-order valence-corrected chi connectivity index (χ4v) is 4.68. The van der Waals surface area contributed by atoms with Crippen LogP contribution in [-0.4, -0.2) is 27.4 Å². The van der Waals surface area contributed by atoms with Gasteiger partial charge in [-0.1, -0.05) is 12.1 Å². The number of fused-ring (bicyclic) bond motifs is 1. The predicted octanol–water partition coefficient (Wildman–Crippen LogP) is 4.95. The quantitative estimate of drug-likeness (QED) is 0.780. The second-order valence-electron chi connectivity index (χ2n) is 7.07. The van der Waals surface area contributed by atoms with Crippen molar-refractivity contribution in [3.63, 3.8) is 0 Å². The van der Waals surface area contributed by atoms with Gasteiger partial charge in [0, 0.05) is 28.2 Å². The van der Waals surface area contributed by atoms with Gasteiger partial charge in [0.25, 0.3) is 0 Å². The molecule has 136 valence electrons. The molecule has 1 aliphatic carbocycles. The van der Waals surface area contributed by atoms with E-state index in [-0.39, 0.29) is 6.42 Å². The highest BCUT2D eigenvalue weighted by molar-refractivity contribution is 8.00. The van der Waals surface area contributed by atoms with Crippen LogP contribution >= 0.6 is 11.8 Å². The third-order valence-electron chi connectivity index (χ3n) is 5.13. The highest BCUT2D eigenvalue weighted by atomic mass is 32.2. The summed E-state index contributed by atoms with van der Waals surface area (Å²) in [6.07, 6.45) is 6.87. The Morgan fingerprint density at radius 1 is 1.23 bits per heavy atom. The minimum atomic E-state index is -0.707. The van der Waals surface area contributed by atoms with E-state index in [2.05, 4.69) is 23.2 Å². The molecular weight excluding hydrogens is 346 g/mol. The first kappa shape index (κ1) is 17.4. The van der Waals surface area contributed by atoms with Gasteiger partial charge in [-0.2, -0.15) is 0 Å². The van der Waals surface area contributed by atoms with Crippen molar-refractivity contribution in [1.82, 2.24) is 4.98 Å². The summed E-state index contributed by atoms with van der Waals surface area (Å²) in [6.45, 7) is 0. The smallest absolute Gasteiger partial charge is 0.303 e. The molecular formula is C21H23NO3S. The molecule has 2 heterocycles. The van der Waals surface area contributed by atoms with Gasteiger partial charge in [0.2, 0.25) is 5.88 Å². The Bertz CT molecular complexity index is 804. The number of benzene rings is 1. The van der Waals surface area contributed by atoms with E-state index in [9.17, 15) is 4.79 Å². The van der Waals surface area contributed by atoms with Crippen LogP contribution in [0, 0.1) is 0 Å². The van der Waals surface area contributed by atoms with Crippen LogP contribution < -0.4 is 4.74 Å². The van der Waals surface area contributed by atoms with E-state index in [0.717, 1.165) is 43.4 Å². The SMILES string of the molecule is O=C(O)CCC1CCc2cc(-c3cccc(OC4CCC4)n3)ccc2S1. The lowest BCUT2D eigenvalue weighted by Gasteiger charge is -2.26. The van der Waals surface area contributed by atoms with Gasteiger partial charge in [-0.05, 0) is 62.3 Å². The standard InChI is InChI=1S/C21H23NO3S/c23-21(24)12-10-17-9-7-15-13-14(8-11-19(15)26-17)18-5-2-6-20(22-18)25-16-3-1-4-16/h2,5-6,8,11,13,16-17H,1,3-4,7,9-10,12H2,(H,23,24). The summed E-state index contributed by atoms with van der Waals surface area (Å²) < 4.78 is 5.92. The molecule has 1 saturated carbocycles. The lowest BCUT2D eigenvalue weighted by molar-refractivity contribution is -0.137. The molecule has 2 aromatic rings. The lowest BCUT2D eigenvalue weighted by Crippen LogP contribution is -2.24. The predicted molar refractivity (Wildman–Crippen MR) is 103 cm³/mol. The molecule has 1 aliphatic heterocycles. The van der Waals surface area contributed by atoms with E-state index in [0.29, 0.717) is 17.2 Å². The number of rotatable bonds is 6. The van der Waals surface area contributed by atoms with Crippen molar-refractivity contribution in [2.45, 2.75) is 61.2 Å². The number of aryl methyl sites for hydroxylation is 1. The largest absolute Gasteiger partial charge is 0.481 e. The molecule has 1 fully saturated rings. The molecule has 0 spiro atoms. The second-order valence-corrected chi connectivity index (χ2v) is 8.41. The Kier molecular flexibility index (Phi) is 5.16. The fourth-order valence-electron chi connectivity index (χ4n) is 3.39. The van der Waals surface area contributed by atoms with Gasteiger partial charge in [0.05, 0.1) is 5.69 Å². The minimum Gasteiger partial charge on any atom is -0.481 e. The zero-order chi connectivity index (χ0) is 17.9. The number of nitrogens with zero attached hydrogens (tertiary/aromatic N) is 1. The van der Waals surface area contributed by atoms with E-state index < -0.39 is 5.97 Å². The van der Waals surface area contributed by atoms with Crippen LogP contribution in [0.5, 0.6) is 5.88 Å². The highest BCUT2D eigenvalue weighted by Gasteiger charge is 2.21. The number of pyridine rings is 1. The average molecular weight is 369 g/mol. The van der Waals surface area contributed by atoms with Crippen LogP contribution in [0.25, 0.3) is 11.3 Å². The van der Waals surface area contributed by atoms with E-state index in [1.807, 2.05) is 30.0 Å². The van der Waals surface area contributed by atoms with Crippen LogP contribution in [0.1, 0.15) is 44.1 Å². The number of carboxylic acids is 1. The summed E-state index contributed by atoms with van der Waals surface area (Å²) in [5.41, 5.74) is 3.40. The van der Waals surface area contributed by atoms with Crippen molar-refractivity contribution in [2.75, 3.05) is 0 Å². The number of aromatic nitrogens is 1. The molecule has 4 rings (SSSR count). The number of carboxylic acid groups (broad SMARTS) is 1. The molecule has 0 radical (unpaired) electrons.